The molecule has 0 atom stereocenters. The second kappa shape index (κ2) is 8.83. The van der Waals surface area contributed by atoms with Crippen molar-refractivity contribution in [2.45, 2.75) is 38.6 Å². The third-order valence-corrected chi connectivity index (χ3v) is 5.15. The van der Waals surface area contributed by atoms with Gasteiger partial charge in [0.2, 0.25) is 0 Å². The highest BCUT2D eigenvalue weighted by Crippen LogP contribution is 2.27. The number of amides is 1. The molecule has 0 saturated heterocycles. The van der Waals surface area contributed by atoms with E-state index in [1.54, 1.807) is 30.9 Å². The molecular formula is C19H27N3O5. The predicted octanol–water partition coefficient (Wildman–Crippen LogP) is 2.85. The lowest BCUT2D eigenvalue weighted by molar-refractivity contribution is -0.384. The Balaban J connectivity index is 2.03. The zero-order valence-electron chi connectivity index (χ0n) is 16.3. The SMILES string of the molecule is CC1CCC(N(C)C(=O)COC(=O)c2cc([N+](=O)[O-])ccc2N(C)C)CC1. The summed E-state index contributed by atoms with van der Waals surface area (Å²) in [4.78, 5) is 38.6. The first-order valence-corrected chi connectivity index (χ1v) is 9.09. The molecule has 1 aliphatic carbocycles. The summed E-state index contributed by atoms with van der Waals surface area (Å²) in [6.07, 6.45) is 4.07. The number of benzene rings is 1. The molecule has 8 heteroatoms. The number of ether oxygens (including phenoxy) is 1. The van der Waals surface area contributed by atoms with Gasteiger partial charge in [0.25, 0.3) is 11.6 Å². The minimum absolute atomic E-state index is 0.0659. The van der Waals surface area contributed by atoms with Gasteiger partial charge >= 0.3 is 5.97 Å². The molecule has 1 amide bonds. The summed E-state index contributed by atoms with van der Waals surface area (Å²) >= 11 is 0. The topological polar surface area (TPSA) is 93.0 Å². The zero-order chi connectivity index (χ0) is 20.1. The van der Waals surface area contributed by atoms with Crippen LogP contribution in [0.5, 0.6) is 0 Å². The number of non-ortho nitro benzene ring substituents is 1. The molecule has 27 heavy (non-hydrogen) atoms. The highest BCUT2D eigenvalue weighted by Gasteiger charge is 2.26. The summed E-state index contributed by atoms with van der Waals surface area (Å²) in [6, 6.07) is 4.16. The van der Waals surface area contributed by atoms with Crippen molar-refractivity contribution in [1.29, 1.82) is 0 Å². The van der Waals surface area contributed by atoms with Crippen molar-refractivity contribution in [2.24, 2.45) is 5.92 Å². The van der Waals surface area contributed by atoms with Gasteiger partial charge in [0.1, 0.15) is 0 Å². The van der Waals surface area contributed by atoms with Crippen molar-refractivity contribution in [3.63, 3.8) is 0 Å². The Morgan fingerprint density at radius 2 is 1.81 bits per heavy atom. The highest BCUT2D eigenvalue weighted by atomic mass is 16.6. The first kappa shape index (κ1) is 20.7. The Hall–Kier alpha value is -2.64. The molecule has 0 unspecified atom stereocenters. The van der Waals surface area contributed by atoms with Crippen LogP contribution in [0.2, 0.25) is 0 Å². The van der Waals surface area contributed by atoms with Crippen LogP contribution in [0.4, 0.5) is 11.4 Å². The number of carbonyl (C=O) groups is 2. The van der Waals surface area contributed by atoms with Crippen LogP contribution in [0.15, 0.2) is 18.2 Å². The van der Waals surface area contributed by atoms with Crippen LogP contribution < -0.4 is 4.90 Å². The van der Waals surface area contributed by atoms with Crippen molar-refractivity contribution in [1.82, 2.24) is 4.90 Å². The Labute approximate surface area is 159 Å². The molecule has 1 aromatic carbocycles. The molecule has 8 nitrogen and oxygen atoms in total. The minimum Gasteiger partial charge on any atom is -0.452 e. The summed E-state index contributed by atoms with van der Waals surface area (Å²) in [7, 11) is 5.18. The fraction of sp³-hybridized carbons (Fsp3) is 0.579. The van der Waals surface area contributed by atoms with Crippen molar-refractivity contribution in [2.75, 3.05) is 32.6 Å². The van der Waals surface area contributed by atoms with Crippen molar-refractivity contribution >= 4 is 23.3 Å². The van der Waals surface area contributed by atoms with E-state index >= 15 is 0 Å². The molecule has 0 radical (unpaired) electrons. The molecule has 0 bridgehead atoms. The molecular weight excluding hydrogens is 350 g/mol. The maximum absolute atomic E-state index is 12.4. The van der Waals surface area contributed by atoms with Gasteiger partial charge in [-0.25, -0.2) is 4.79 Å². The number of hydrogen-bond acceptors (Lipinski definition) is 6. The van der Waals surface area contributed by atoms with Crippen molar-refractivity contribution < 1.29 is 19.2 Å². The van der Waals surface area contributed by atoms with Crippen LogP contribution in [-0.2, 0) is 9.53 Å². The van der Waals surface area contributed by atoms with Gasteiger partial charge in [-0.05, 0) is 37.7 Å². The largest absolute Gasteiger partial charge is 0.452 e. The van der Waals surface area contributed by atoms with Crippen LogP contribution in [-0.4, -0.2) is 55.5 Å². The number of anilines is 1. The molecule has 0 aromatic heterocycles. The van der Waals surface area contributed by atoms with Gasteiger partial charge in [0.05, 0.1) is 16.2 Å². The van der Waals surface area contributed by atoms with Gasteiger partial charge in [0.15, 0.2) is 6.61 Å². The molecule has 2 rings (SSSR count). The Bertz CT molecular complexity index is 711. The Morgan fingerprint density at radius 1 is 1.19 bits per heavy atom. The van der Waals surface area contributed by atoms with Gasteiger partial charge in [-0.15, -0.1) is 0 Å². The van der Waals surface area contributed by atoms with E-state index < -0.39 is 10.9 Å². The smallest absolute Gasteiger partial charge is 0.341 e. The number of nitro groups is 1. The van der Waals surface area contributed by atoms with Gasteiger partial charge < -0.3 is 14.5 Å². The molecule has 1 saturated carbocycles. The van der Waals surface area contributed by atoms with E-state index in [2.05, 4.69) is 6.92 Å². The number of nitro benzene ring substituents is 1. The molecule has 0 N–H and O–H groups in total. The third kappa shape index (κ3) is 5.18. The van der Waals surface area contributed by atoms with Crippen LogP contribution in [0.3, 0.4) is 0 Å². The Morgan fingerprint density at radius 3 is 2.37 bits per heavy atom. The van der Waals surface area contributed by atoms with E-state index in [1.807, 2.05) is 0 Å². The van der Waals surface area contributed by atoms with E-state index in [4.69, 9.17) is 4.74 Å². The molecule has 1 aromatic rings. The number of esters is 1. The van der Waals surface area contributed by atoms with Crippen LogP contribution in [0.25, 0.3) is 0 Å². The van der Waals surface area contributed by atoms with Gasteiger partial charge in [0, 0.05) is 39.3 Å². The van der Waals surface area contributed by atoms with Crippen LogP contribution in [0.1, 0.15) is 43.0 Å². The number of likely N-dealkylation sites (N-methyl/N-ethyl adjacent to an activating group) is 1. The van der Waals surface area contributed by atoms with Crippen LogP contribution >= 0.6 is 0 Å². The first-order chi connectivity index (χ1) is 12.7. The maximum atomic E-state index is 12.4. The third-order valence-electron chi connectivity index (χ3n) is 5.15. The molecule has 1 aliphatic rings. The summed E-state index contributed by atoms with van der Waals surface area (Å²) in [5, 5.41) is 11.0. The zero-order valence-corrected chi connectivity index (χ0v) is 16.3. The number of rotatable bonds is 6. The fourth-order valence-corrected chi connectivity index (χ4v) is 3.33. The molecule has 0 aliphatic heterocycles. The average molecular weight is 377 g/mol. The van der Waals surface area contributed by atoms with Crippen LogP contribution in [0, 0.1) is 16.0 Å². The normalized spacial score (nSPS) is 19.3. The number of carbonyl (C=O) groups excluding carboxylic acids is 2. The van der Waals surface area contributed by atoms with E-state index in [1.165, 1.54) is 18.2 Å². The maximum Gasteiger partial charge on any atom is 0.341 e. The standard InChI is InChI=1S/C19H27N3O5/c1-13-5-7-14(8-6-13)21(4)18(23)12-27-19(24)16-11-15(22(25)26)9-10-17(16)20(2)3/h9-11,13-14H,5-8,12H2,1-4H3. The van der Waals surface area contributed by atoms with Crippen molar-refractivity contribution in [3.05, 3.63) is 33.9 Å². The van der Waals surface area contributed by atoms with Gasteiger partial charge in [-0.1, -0.05) is 6.92 Å². The summed E-state index contributed by atoms with van der Waals surface area (Å²) in [6.45, 7) is 1.83. The fourth-order valence-electron chi connectivity index (χ4n) is 3.33. The predicted molar refractivity (Wildman–Crippen MR) is 102 cm³/mol. The summed E-state index contributed by atoms with van der Waals surface area (Å²) in [5.41, 5.74) is 0.358. The molecule has 1 fully saturated rings. The summed E-state index contributed by atoms with van der Waals surface area (Å²) in [5.74, 6) is -0.331. The van der Waals surface area contributed by atoms with Gasteiger partial charge in [-0.3, -0.25) is 14.9 Å². The lowest BCUT2D eigenvalue weighted by Gasteiger charge is -2.33. The lowest BCUT2D eigenvalue weighted by Crippen LogP contribution is -2.41. The number of nitrogens with zero attached hydrogens (tertiary/aromatic N) is 3. The number of hydrogen-bond donors (Lipinski definition) is 0. The highest BCUT2D eigenvalue weighted by molar-refractivity contribution is 5.97. The quantitative estimate of drug-likeness (QED) is 0.430. The lowest BCUT2D eigenvalue weighted by atomic mass is 9.87. The summed E-state index contributed by atoms with van der Waals surface area (Å²) < 4.78 is 5.17. The second-order valence-corrected chi connectivity index (χ2v) is 7.35. The van der Waals surface area contributed by atoms with E-state index in [0.29, 0.717) is 11.6 Å². The van der Waals surface area contributed by atoms with E-state index in [-0.39, 0.29) is 29.8 Å². The first-order valence-electron chi connectivity index (χ1n) is 9.09. The Kier molecular flexibility index (Phi) is 6.76. The van der Waals surface area contributed by atoms with E-state index in [9.17, 15) is 19.7 Å². The molecule has 0 spiro atoms. The van der Waals surface area contributed by atoms with Gasteiger partial charge in [-0.2, -0.15) is 0 Å². The van der Waals surface area contributed by atoms with E-state index in [0.717, 1.165) is 25.7 Å². The minimum atomic E-state index is -0.749. The van der Waals surface area contributed by atoms with Crippen molar-refractivity contribution in [3.8, 4) is 0 Å². The molecule has 0 heterocycles. The second-order valence-electron chi connectivity index (χ2n) is 7.35. The average Bonchev–Trinajstić information content (AvgIpc) is 2.65. The monoisotopic (exact) mass is 377 g/mol. The molecule has 148 valence electrons.